The van der Waals surface area contributed by atoms with Gasteiger partial charge in [0.05, 0.1) is 19.1 Å². The maximum absolute atomic E-state index is 13.1. The lowest BCUT2D eigenvalue weighted by molar-refractivity contribution is -0.139. The molecule has 1 aromatic heterocycles. The van der Waals surface area contributed by atoms with Crippen molar-refractivity contribution >= 4 is 11.9 Å². The first-order valence-electron chi connectivity index (χ1n) is 9.54. The highest BCUT2D eigenvalue weighted by atomic mass is 19.1. The molecule has 8 heteroatoms. The smallest absolute Gasteiger partial charge is 0.317 e. The SMILES string of the molecule is O=C(O)CN(CC1CC1)C1CC(NC(=O)c2cncn2-c2ccc(F)cc2)C1. The number of amides is 1. The fourth-order valence-electron chi connectivity index (χ4n) is 3.68. The molecule has 2 fully saturated rings. The van der Waals surface area contributed by atoms with Crippen molar-refractivity contribution in [1.82, 2.24) is 19.8 Å². The standard InChI is InChI=1S/C20H23FN4O3/c21-14-3-5-16(6-4-14)25-12-22-9-18(25)20(28)23-15-7-17(8-15)24(11-19(26)27)10-13-1-2-13/h3-6,9,12-13,15,17H,1-2,7-8,10-11H2,(H,23,28)(H,26,27). The second-order valence-corrected chi connectivity index (χ2v) is 7.69. The van der Waals surface area contributed by atoms with Crippen molar-refractivity contribution in [2.24, 2.45) is 5.92 Å². The molecule has 1 heterocycles. The third kappa shape index (κ3) is 4.22. The molecule has 0 spiro atoms. The van der Waals surface area contributed by atoms with E-state index in [1.54, 1.807) is 16.7 Å². The number of halogens is 1. The molecule has 7 nitrogen and oxygen atoms in total. The minimum atomic E-state index is -0.809. The lowest BCUT2D eigenvalue weighted by atomic mass is 9.85. The van der Waals surface area contributed by atoms with Gasteiger partial charge in [-0.25, -0.2) is 9.37 Å². The van der Waals surface area contributed by atoms with Gasteiger partial charge in [-0.2, -0.15) is 0 Å². The molecular weight excluding hydrogens is 363 g/mol. The van der Waals surface area contributed by atoms with Gasteiger partial charge in [0.15, 0.2) is 0 Å². The van der Waals surface area contributed by atoms with Crippen LogP contribution in [0.4, 0.5) is 4.39 Å². The van der Waals surface area contributed by atoms with Crippen molar-refractivity contribution in [3.05, 3.63) is 48.3 Å². The fourth-order valence-corrected chi connectivity index (χ4v) is 3.68. The van der Waals surface area contributed by atoms with Crippen molar-refractivity contribution in [3.63, 3.8) is 0 Å². The molecular formula is C20H23FN4O3. The molecule has 2 aromatic rings. The number of carbonyl (C=O) groups is 2. The van der Waals surface area contributed by atoms with Gasteiger partial charge in [0, 0.05) is 24.3 Å². The third-order valence-electron chi connectivity index (χ3n) is 5.47. The van der Waals surface area contributed by atoms with E-state index in [1.165, 1.54) is 37.5 Å². The number of aliphatic carboxylic acids is 1. The van der Waals surface area contributed by atoms with E-state index in [0.29, 0.717) is 17.3 Å². The molecule has 2 aliphatic carbocycles. The van der Waals surface area contributed by atoms with Crippen LogP contribution in [0.2, 0.25) is 0 Å². The van der Waals surface area contributed by atoms with E-state index < -0.39 is 5.97 Å². The zero-order valence-electron chi connectivity index (χ0n) is 15.4. The zero-order chi connectivity index (χ0) is 19.7. The molecule has 4 rings (SSSR count). The number of hydrogen-bond donors (Lipinski definition) is 2. The number of hydrogen-bond acceptors (Lipinski definition) is 4. The summed E-state index contributed by atoms with van der Waals surface area (Å²) in [5.41, 5.74) is 1.04. The van der Waals surface area contributed by atoms with Crippen LogP contribution in [0.25, 0.3) is 5.69 Å². The number of carbonyl (C=O) groups excluding carboxylic acids is 1. The Morgan fingerprint density at radius 2 is 1.96 bits per heavy atom. The molecule has 0 unspecified atom stereocenters. The van der Waals surface area contributed by atoms with Crippen LogP contribution in [0.3, 0.4) is 0 Å². The molecule has 2 N–H and O–H groups in total. The summed E-state index contributed by atoms with van der Waals surface area (Å²) in [6.07, 6.45) is 6.86. The lowest BCUT2D eigenvalue weighted by Gasteiger charge is -2.42. The summed E-state index contributed by atoms with van der Waals surface area (Å²) >= 11 is 0. The molecule has 0 aliphatic heterocycles. The van der Waals surface area contributed by atoms with Crippen molar-refractivity contribution < 1.29 is 19.1 Å². The molecule has 1 amide bonds. The highest BCUT2D eigenvalue weighted by molar-refractivity contribution is 5.93. The quantitative estimate of drug-likeness (QED) is 0.725. The van der Waals surface area contributed by atoms with Crippen LogP contribution in [-0.2, 0) is 4.79 Å². The van der Waals surface area contributed by atoms with E-state index in [2.05, 4.69) is 10.3 Å². The number of rotatable bonds is 8. The van der Waals surface area contributed by atoms with E-state index in [4.69, 9.17) is 5.11 Å². The first kappa shape index (κ1) is 18.6. The van der Waals surface area contributed by atoms with Gasteiger partial charge in [0.1, 0.15) is 11.5 Å². The van der Waals surface area contributed by atoms with Crippen LogP contribution in [-0.4, -0.2) is 56.6 Å². The van der Waals surface area contributed by atoms with Gasteiger partial charge in [-0.3, -0.25) is 19.1 Å². The first-order valence-corrected chi connectivity index (χ1v) is 9.54. The van der Waals surface area contributed by atoms with Crippen LogP contribution < -0.4 is 5.32 Å². The van der Waals surface area contributed by atoms with E-state index in [-0.39, 0.29) is 30.4 Å². The van der Waals surface area contributed by atoms with E-state index >= 15 is 0 Å². The maximum Gasteiger partial charge on any atom is 0.317 e. The molecule has 0 bridgehead atoms. The predicted molar refractivity (Wildman–Crippen MR) is 99.7 cm³/mol. The Kier molecular flexibility index (Phi) is 5.13. The number of carboxylic acid groups (broad SMARTS) is 1. The van der Waals surface area contributed by atoms with Crippen LogP contribution >= 0.6 is 0 Å². The van der Waals surface area contributed by atoms with Crippen molar-refractivity contribution in [3.8, 4) is 5.69 Å². The van der Waals surface area contributed by atoms with Crippen LogP contribution in [0.1, 0.15) is 36.2 Å². The van der Waals surface area contributed by atoms with Crippen molar-refractivity contribution in [2.75, 3.05) is 13.1 Å². The molecule has 0 radical (unpaired) electrons. The summed E-state index contributed by atoms with van der Waals surface area (Å²) in [4.78, 5) is 29.9. The molecule has 148 valence electrons. The van der Waals surface area contributed by atoms with Crippen LogP contribution in [0.5, 0.6) is 0 Å². The third-order valence-corrected chi connectivity index (χ3v) is 5.47. The number of carboxylic acids is 1. The van der Waals surface area contributed by atoms with Gasteiger partial charge in [0.2, 0.25) is 0 Å². The molecule has 28 heavy (non-hydrogen) atoms. The monoisotopic (exact) mass is 386 g/mol. The minimum absolute atomic E-state index is 0.0181. The average molecular weight is 386 g/mol. The summed E-state index contributed by atoms with van der Waals surface area (Å²) in [5.74, 6) is -0.765. The number of nitrogens with zero attached hydrogens (tertiary/aromatic N) is 3. The predicted octanol–water partition coefficient (Wildman–Crippen LogP) is 2.07. The van der Waals surface area contributed by atoms with Crippen molar-refractivity contribution in [1.29, 1.82) is 0 Å². The van der Waals surface area contributed by atoms with Gasteiger partial charge in [-0.05, 0) is 55.9 Å². The Balaban J connectivity index is 1.35. The number of imidazole rings is 1. The largest absolute Gasteiger partial charge is 0.480 e. The highest BCUT2D eigenvalue weighted by Gasteiger charge is 2.38. The highest BCUT2D eigenvalue weighted by Crippen LogP contribution is 2.33. The van der Waals surface area contributed by atoms with Crippen LogP contribution in [0.15, 0.2) is 36.8 Å². The summed E-state index contributed by atoms with van der Waals surface area (Å²) in [6.45, 7) is 0.883. The topological polar surface area (TPSA) is 87.5 Å². The molecule has 0 atom stereocenters. The van der Waals surface area contributed by atoms with E-state index in [1.807, 2.05) is 4.90 Å². The first-order chi connectivity index (χ1) is 13.5. The maximum atomic E-state index is 13.1. The lowest BCUT2D eigenvalue weighted by Crippen LogP contribution is -2.55. The fraction of sp³-hybridized carbons (Fsp3) is 0.450. The van der Waals surface area contributed by atoms with E-state index in [0.717, 1.165) is 19.4 Å². The summed E-state index contributed by atoms with van der Waals surface area (Å²) < 4.78 is 14.8. The van der Waals surface area contributed by atoms with Gasteiger partial charge in [-0.15, -0.1) is 0 Å². The number of nitrogens with one attached hydrogen (secondary N) is 1. The zero-order valence-corrected chi connectivity index (χ0v) is 15.4. The normalized spacial score (nSPS) is 21.4. The summed E-state index contributed by atoms with van der Waals surface area (Å²) in [7, 11) is 0. The Morgan fingerprint density at radius 1 is 1.25 bits per heavy atom. The minimum Gasteiger partial charge on any atom is -0.480 e. The average Bonchev–Trinajstić information content (AvgIpc) is 3.29. The Morgan fingerprint density at radius 3 is 2.61 bits per heavy atom. The molecule has 2 saturated carbocycles. The van der Waals surface area contributed by atoms with Gasteiger partial charge in [0.25, 0.3) is 5.91 Å². The molecule has 1 aromatic carbocycles. The number of benzene rings is 1. The number of aromatic nitrogens is 2. The summed E-state index contributed by atoms with van der Waals surface area (Å²) in [6, 6.07) is 6.08. The van der Waals surface area contributed by atoms with Crippen molar-refractivity contribution in [2.45, 2.75) is 37.8 Å². The van der Waals surface area contributed by atoms with E-state index in [9.17, 15) is 14.0 Å². The second kappa shape index (κ2) is 7.71. The van der Waals surface area contributed by atoms with Gasteiger partial charge in [-0.1, -0.05) is 0 Å². The van der Waals surface area contributed by atoms with Crippen LogP contribution in [0, 0.1) is 11.7 Å². The Bertz CT molecular complexity index is 857. The Labute approximate surface area is 162 Å². The van der Waals surface area contributed by atoms with Gasteiger partial charge < -0.3 is 10.4 Å². The molecule has 0 saturated heterocycles. The summed E-state index contributed by atoms with van der Waals surface area (Å²) in [5, 5.41) is 12.1. The Hall–Kier alpha value is -2.74. The second-order valence-electron chi connectivity index (χ2n) is 7.69. The van der Waals surface area contributed by atoms with Gasteiger partial charge >= 0.3 is 5.97 Å². The molecule has 2 aliphatic rings.